The summed E-state index contributed by atoms with van der Waals surface area (Å²) in [5.74, 6) is 0.414. The number of ether oxygens (including phenoxy) is 1. The van der Waals surface area contributed by atoms with Gasteiger partial charge in [0.25, 0.3) is 0 Å². The van der Waals surface area contributed by atoms with Crippen molar-refractivity contribution in [3.63, 3.8) is 0 Å². The lowest BCUT2D eigenvalue weighted by Crippen LogP contribution is -2.33. The zero-order valence-electron chi connectivity index (χ0n) is 12.9. The number of nitrogens with one attached hydrogen (secondary N) is 1. The fourth-order valence-electron chi connectivity index (χ4n) is 3.46. The second kappa shape index (κ2) is 6.26. The number of hydrogen-bond acceptors (Lipinski definition) is 2. The normalized spacial score (nSPS) is 17.8. The van der Waals surface area contributed by atoms with Crippen LogP contribution < -0.4 is 5.30 Å². The van der Waals surface area contributed by atoms with E-state index in [0.717, 1.165) is 6.42 Å². The predicted octanol–water partition coefficient (Wildman–Crippen LogP) is 4.02. The summed E-state index contributed by atoms with van der Waals surface area (Å²) in [6.45, 7) is 4.36. The average Bonchev–Trinajstić information content (AvgIpc) is 2.45. The molecule has 1 aromatic carbocycles. The standard InChI is InChI=1S/C17H26NOP/c1-12-9-14(10-13(2)16(12)20)17(11-15(18)19-3)7-5-4-6-8-17/h9-10,18H,4-8,11,20H2,1-3H3. The van der Waals surface area contributed by atoms with E-state index in [1.165, 1.54) is 54.1 Å². The van der Waals surface area contributed by atoms with Gasteiger partial charge in [-0.15, -0.1) is 9.24 Å². The summed E-state index contributed by atoms with van der Waals surface area (Å²) in [4.78, 5) is 0. The Kier molecular flexibility index (Phi) is 4.86. The van der Waals surface area contributed by atoms with Crippen LogP contribution >= 0.6 is 9.24 Å². The van der Waals surface area contributed by atoms with Gasteiger partial charge in [-0.2, -0.15) is 0 Å². The van der Waals surface area contributed by atoms with Crippen LogP contribution in [0.2, 0.25) is 0 Å². The van der Waals surface area contributed by atoms with Gasteiger partial charge >= 0.3 is 0 Å². The van der Waals surface area contributed by atoms with Gasteiger partial charge in [-0.1, -0.05) is 31.4 Å². The molecule has 0 heterocycles. The van der Waals surface area contributed by atoms with E-state index in [1.807, 2.05) is 0 Å². The Morgan fingerprint density at radius 1 is 1.20 bits per heavy atom. The van der Waals surface area contributed by atoms with Crippen molar-refractivity contribution in [1.29, 1.82) is 5.41 Å². The molecule has 2 nitrogen and oxygen atoms in total. The fourth-order valence-corrected chi connectivity index (χ4v) is 3.62. The van der Waals surface area contributed by atoms with Crippen molar-refractivity contribution in [2.45, 2.75) is 57.8 Å². The smallest absolute Gasteiger partial charge is 0.180 e. The first-order valence-corrected chi connectivity index (χ1v) is 8.05. The molecule has 1 atom stereocenters. The van der Waals surface area contributed by atoms with Crippen molar-refractivity contribution in [1.82, 2.24) is 0 Å². The van der Waals surface area contributed by atoms with Crippen molar-refractivity contribution in [3.05, 3.63) is 28.8 Å². The highest BCUT2D eigenvalue weighted by Gasteiger charge is 2.35. The summed E-state index contributed by atoms with van der Waals surface area (Å²) < 4.78 is 5.16. The fraction of sp³-hybridized carbons (Fsp3) is 0.588. The first kappa shape index (κ1) is 15.5. The van der Waals surface area contributed by atoms with Gasteiger partial charge in [0.15, 0.2) is 5.90 Å². The van der Waals surface area contributed by atoms with E-state index in [0.29, 0.717) is 5.90 Å². The zero-order chi connectivity index (χ0) is 14.8. The SMILES string of the molecule is COC(=N)CC1(c2cc(C)c(P)c(C)c2)CCCCC1. The molecule has 0 amide bonds. The lowest BCUT2D eigenvalue weighted by atomic mass is 9.67. The summed E-state index contributed by atoms with van der Waals surface area (Å²) >= 11 is 0. The first-order chi connectivity index (χ1) is 9.48. The van der Waals surface area contributed by atoms with E-state index in [9.17, 15) is 0 Å². The molecule has 0 saturated heterocycles. The monoisotopic (exact) mass is 291 g/mol. The maximum absolute atomic E-state index is 7.97. The molecule has 0 aliphatic heterocycles. The summed E-state index contributed by atoms with van der Waals surface area (Å²) in [6.07, 6.45) is 6.93. The first-order valence-electron chi connectivity index (χ1n) is 7.47. The zero-order valence-corrected chi connectivity index (χ0v) is 14.0. The molecular formula is C17H26NOP. The molecule has 0 bridgehead atoms. The quantitative estimate of drug-likeness (QED) is 0.509. The highest BCUT2D eigenvalue weighted by atomic mass is 31.0. The Labute approximate surface area is 125 Å². The van der Waals surface area contributed by atoms with Gasteiger partial charge in [0.05, 0.1) is 7.11 Å². The van der Waals surface area contributed by atoms with Crippen LogP contribution in [0.3, 0.4) is 0 Å². The van der Waals surface area contributed by atoms with Gasteiger partial charge in [-0.3, -0.25) is 5.41 Å². The van der Waals surface area contributed by atoms with Crippen LogP contribution in [0, 0.1) is 19.3 Å². The average molecular weight is 291 g/mol. The molecule has 20 heavy (non-hydrogen) atoms. The Hall–Kier alpha value is -0.880. The molecule has 1 aromatic rings. The van der Waals surface area contributed by atoms with Crippen molar-refractivity contribution in [2.75, 3.05) is 7.11 Å². The molecule has 0 radical (unpaired) electrons. The maximum atomic E-state index is 7.97. The van der Waals surface area contributed by atoms with Gasteiger partial charge in [-0.05, 0) is 48.7 Å². The maximum Gasteiger partial charge on any atom is 0.180 e. The van der Waals surface area contributed by atoms with Crippen LogP contribution in [0.25, 0.3) is 0 Å². The van der Waals surface area contributed by atoms with Crippen molar-refractivity contribution < 1.29 is 4.74 Å². The molecule has 110 valence electrons. The Morgan fingerprint density at radius 2 is 1.75 bits per heavy atom. The van der Waals surface area contributed by atoms with Crippen molar-refractivity contribution >= 4 is 20.4 Å². The summed E-state index contributed by atoms with van der Waals surface area (Å²) in [7, 11) is 4.45. The molecule has 2 rings (SSSR count). The third-order valence-electron chi connectivity index (χ3n) is 4.76. The van der Waals surface area contributed by atoms with E-state index in [4.69, 9.17) is 10.1 Å². The van der Waals surface area contributed by atoms with Gasteiger partial charge in [0, 0.05) is 11.8 Å². The molecular weight excluding hydrogens is 265 g/mol. The van der Waals surface area contributed by atoms with Gasteiger partial charge in [-0.25, -0.2) is 0 Å². The highest BCUT2D eigenvalue weighted by Crippen LogP contribution is 2.43. The molecule has 3 heteroatoms. The second-order valence-corrected chi connectivity index (χ2v) is 6.75. The van der Waals surface area contributed by atoms with E-state index in [-0.39, 0.29) is 5.41 Å². The molecule has 1 unspecified atom stereocenters. The third-order valence-corrected chi connectivity index (χ3v) is 5.67. The molecule has 1 fully saturated rings. The van der Waals surface area contributed by atoms with Crippen molar-refractivity contribution in [3.8, 4) is 0 Å². The highest BCUT2D eigenvalue weighted by molar-refractivity contribution is 7.27. The predicted molar refractivity (Wildman–Crippen MR) is 89.4 cm³/mol. The summed E-state index contributed by atoms with van der Waals surface area (Å²) in [5.41, 5.74) is 4.18. The lowest BCUT2D eigenvalue weighted by molar-refractivity contribution is 0.276. The second-order valence-electron chi connectivity index (χ2n) is 6.17. The van der Waals surface area contributed by atoms with Crippen LogP contribution in [-0.4, -0.2) is 13.0 Å². The van der Waals surface area contributed by atoms with Crippen LogP contribution in [0.1, 0.15) is 55.2 Å². The molecule has 1 saturated carbocycles. The van der Waals surface area contributed by atoms with Crippen molar-refractivity contribution in [2.24, 2.45) is 0 Å². The van der Waals surface area contributed by atoms with E-state index in [2.05, 4.69) is 35.2 Å². The van der Waals surface area contributed by atoms with Gasteiger partial charge < -0.3 is 4.74 Å². The lowest BCUT2D eigenvalue weighted by Gasteiger charge is -2.38. The number of rotatable bonds is 3. The van der Waals surface area contributed by atoms with Crippen LogP contribution in [-0.2, 0) is 10.2 Å². The number of methoxy groups -OCH3 is 1. The molecule has 1 N–H and O–H groups in total. The number of benzene rings is 1. The van der Waals surface area contributed by atoms with Gasteiger partial charge in [0.1, 0.15) is 0 Å². The van der Waals surface area contributed by atoms with Crippen LogP contribution in [0.4, 0.5) is 0 Å². The minimum atomic E-state index is 0.110. The largest absolute Gasteiger partial charge is 0.484 e. The molecule has 0 aromatic heterocycles. The molecule has 1 aliphatic rings. The Morgan fingerprint density at radius 3 is 2.25 bits per heavy atom. The molecule has 1 aliphatic carbocycles. The Balaban J connectivity index is 2.43. The Bertz CT molecular complexity index is 481. The number of hydrogen-bond donors (Lipinski definition) is 1. The summed E-state index contributed by atoms with van der Waals surface area (Å²) in [5, 5.41) is 9.28. The summed E-state index contributed by atoms with van der Waals surface area (Å²) in [6, 6.07) is 4.65. The van der Waals surface area contributed by atoms with Crippen LogP contribution in [0.5, 0.6) is 0 Å². The minimum Gasteiger partial charge on any atom is -0.484 e. The number of aryl methyl sites for hydroxylation is 2. The third kappa shape index (κ3) is 3.06. The van der Waals surface area contributed by atoms with E-state index < -0.39 is 0 Å². The van der Waals surface area contributed by atoms with Crippen LogP contribution in [0.15, 0.2) is 12.1 Å². The molecule has 0 spiro atoms. The minimum absolute atomic E-state index is 0.110. The van der Waals surface area contributed by atoms with E-state index >= 15 is 0 Å². The van der Waals surface area contributed by atoms with E-state index in [1.54, 1.807) is 7.11 Å². The van der Waals surface area contributed by atoms with Gasteiger partial charge in [0.2, 0.25) is 0 Å². The topological polar surface area (TPSA) is 33.1 Å².